The molecule has 3 heteroatoms. The standard InChI is InChI=1S/C19H38O3/c1-5-8-9-10-11-12-13-14-19(4,22-7-3)18(6-2)21-16-17-15-20-17/h17-18H,5-16H2,1-4H3. The summed E-state index contributed by atoms with van der Waals surface area (Å²) in [6.45, 7) is 11.1. The van der Waals surface area contributed by atoms with Gasteiger partial charge >= 0.3 is 0 Å². The summed E-state index contributed by atoms with van der Waals surface area (Å²) in [5.74, 6) is 0. The van der Waals surface area contributed by atoms with Gasteiger partial charge in [0.2, 0.25) is 0 Å². The largest absolute Gasteiger partial charge is 0.373 e. The minimum Gasteiger partial charge on any atom is -0.373 e. The Labute approximate surface area is 138 Å². The highest BCUT2D eigenvalue weighted by atomic mass is 16.6. The smallest absolute Gasteiger partial charge is 0.104 e. The molecule has 22 heavy (non-hydrogen) atoms. The molecule has 1 aliphatic heterocycles. The van der Waals surface area contributed by atoms with Crippen molar-refractivity contribution in [3.8, 4) is 0 Å². The molecule has 0 amide bonds. The molecule has 3 nitrogen and oxygen atoms in total. The van der Waals surface area contributed by atoms with Crippen LogP contribution < -0.4 is 0 Å². The Hall–Kier alpha value is -0.120. The third-order valence-corrected chi connectivity index (χ3v) is 4.69. The van der Waals surface area contributed by atoms with E-state index in [2.05, 4.69) is 27.7 Å². The Bertz CT molecular complexity index is 265. The third-order valence-electron chi connectivity index (χ3n) is 4.69. The fourth-order valence-corrected chi connectivity index (χ4v) is 3.20. The minimum absolute atomic E-state index is 0.151. The fourth-order valence-electron chi connectivity index (χ4n) is 3.20. The maximum absolute atomic E-state index is 6.11. The van der Waals surface area contributed by atoms with Gasteiger partial charge in [0.05, 0.1) is 24.9 Å². The van der Waals surface area contributed by atoms with Crippen molar-refractivity contribution in [1.82, 2.24) is 0 Å². The molecule has 132 valence electrons. The molecule has 0 aliphatic carbocycles. The van der Waals surface area contributed by atoms with Crippen LogP contribution in [0.4, 0.5) is 0 Å². The lowest BCUT2D eigenvalue weighted by molar-refractivity contribution is -0.141. The van der Waals surface area contributed by atoms with Crippen LogP contribution in [-0.4, -0.2) is 37.6 Å². The van der Waals surface area contributed by atoms with Gasteiger partial charge in [0, 0.05) is 6.61 Å². The molecule has 0 saturated carbocycles. The summed E-state index contributed by atoms with van der Waals surface area (Å²) in [6, 6.07) is 0. The number of hydrogen-bond acceptors (Lipinski definition) is 3. The van der Waals surface area contributed by atoms with E-state index in [0.29, 0.717) is 6.10 Å². The van der Waals surface area contributed by atoms with Crippen molar-refractivity contribution < 1.29 is 14.2 Å². The van der Waals surface area contributed by atoms with Gasteiger partial charge < -0.3 is 14.2 Å². The highest BCUT2D eigenvalue weighted by molar-refractivity contribution is 4.85. The van der Waals surface area contributed by atoms with Gasteiger partial charge in [0.1, 0.15) is 6.10 Å². The van der Waals surface area contributed by atoms with Crippen LogP contribution in [0.5, 0.6) is 0 Å². The van der Waals surface area contributed by atoms with Gasteiger partial charge in [-0.1, -0.05) is 58.8 Å². The Balaban J connectivity index is 2.28. The van der Waals surface area contributed by atoms with Crippen LogP contribution in [0.1, 0.15) is 85.5 Å². The number of rotatable bonds is 15. The molecule has 0 spiro atoms. The molecule has 1 rings (SSSR count). The van der Waals surface area contributed by atoms with Crippen LogP contribution in [0.2, 0.25) is 0 Å². The van der Waals surface area contributed by atoms with E-state index in [4.69, 9.17) is 14.2 Å². The van der Waals surface area contributed by atoms with E-state index >= 15 is 0 Å². The summed E-state index contributed by atoms with van der Waals surface area (Å²) in [4.78, 5) is 0. The highest BCUT2D eigenvalue weighted by Gasteiger charge is 2.35. The van der Waals surface area contributed by atoms with Crippen LogP contribution in [0.25, 0.3) is 0 Å². The number of unbranched alkanes of at least 4 members (excludes halogenated alkanes) is 6. The first-order valence-electron chi connectivity index (χ1n) is 9.53. The van der Waals surface area contributed by atoms with Crippen molar-refractivity contribution in [2.24, 2.45) is 0 Å². The van der Waals surface area contributed by atoms with Crippen molar-refractivity contribution in [3.05, 3.63) is 0 Å². The Morgan fingerprint density at radius 2 is 1.68 bits per heavy atom. The van der Waals surface area contributed by atoms with Gasteiger partial charge in [-0.2, -0.15) is 0 Å². The molecular weight excluding hydrogens is 276 g/mol. The first-order chi connectivity index (χ1) is 10.7. The molecule has 0 bridgehead atoms. The van der Waals surface area contributed by atoms with E-state index in [1.165, 1.54) is 44.9 Å². The lowest BCUT2D eigenvalue weighted by atomic mass is 9.89. The SMILES string of the molecule is CCCCCCCCCC(C)(OCC)C(CC)OCC1CO1. The van der Waals surface area contributed by atoms with Gasteiger partial charge in [0.15, 0.2) is 0 Å². The van der Waals surface area contributed by atoms with Crippen molar-refractivity contribution in [2.75, 3.05) is 19.8 Å². The summed E-state index contributed by atoms with van der Waals surface area (Å²) in [6.07, 6.45) is 12.0. The maximum atomic E-state index is 6.11. The number of ether oxygens (including phenoxy) is 3. The van der Waals surface area contributed by atoms with E-state index in [0.717, 1.165) is 32.7 Å². The van der Waals surface area contributed by atoms with Crippen LogP contribution in [-0.2, 0) is 14.2 Å². The van der Waals surface area contributed by atoms with Crippen molar-refractivity contribution in [1.29, 1.82) is 0 Å². The van der Waals surface area contributed by atoms with E-state index < -0.39 is 0 Å². The summed E-state index contributed by atoms with van der Waals surface area (Å²) in [5.41, 5.74) is -0.151. The summed E-state index contributed by atoms with van der Waals surface area (Å²) >= 11 is 0. The first-order valence-corrected chi connectivity index (χ1v) is 9.53. The second-order valence-corrected chi connectivity index (χ2v) is 6.80. The van der Waals surface area contributed by atoms with Crippen LogP contribution >= 0.6 is 0 Å². The Morgan fingerprint density at radius 1 is 1.05 bits per heavy atom. The third kappa shape index (κ3) is 7.94. The fraction of sp³-hybridized carbons (Fsp3) is 1.00. The molecule has 3 atom stereocenters. The van der Waals surface area contributed by atoms with Crippen molar-refractivity contribution >= 4 is 0 Å². The van der Waals surface area contributed by atoms with Gasteiger partial charge in [-0.25, -0.2) is 0 Å². The van der Waals surface area contributed by atoms with Crippen LogP contribution in [0, 0.1) is 0 Å². The molecule has 0 aromatic rings. The lowest BCUT2D eigenvalue weighted by Crippen LogP contribution is -2.44. The van der Waals surface area contributed by atoms with Gasteiger partial charge in [-0.3, -0.25) is 0 Å². The molecule has 1 heterocycles. The second-order valence-electron chi connectivity index (χ2n) is 6.80. The molecule has 1 fully saturated rings. The zero-order chi connectivity index (χ0) is 16.3. The second kappa shape index (κ2) is 11.4. The summed E-state index contributed by atoms with van der Waals surface area (Å²) < 4.78 is 17.5. The predicted molar refractivity (Wildman–Crippen MR) is 92.4 cm³/mol. The molecule has 0 aromatic carbocycles. The van der Waals surface area contributed by atoms with Crippen molar-refractivity contribution in [2.45, 2.75) is 103 Å². The highest BCUT2D eigenvalue weighted by Crippen LogP contribution is 2.29. The summed E-state index contributed by atoms with van der Waals surface area (Å²) in [5, 5.41) is 0. The predicted octanol–water partition coefficient (Wildman–Crippen LogP) is 5.12. The quantitative estimate of drug-likeness (QED) is 0.311. The van der Waals surface area contributed by atoms with Gasteiger partial charge in [-0.15, -0.1) is 0 Å². The molecule has 0 N–H and O–H groups in total. The van der Waals surface area contributed by atoms with Crippen molar-refractivity contribution in [3.63, 3.8) is 0 Å². The Kier molecular flexibility index (Phi) is 10.3. The maximum Gasteiger partial charge on any atom is 0.104 e. The summed E-state index contributed by atoms with van der Waals surface area (Å²) in [7, 11) is 0. The molecule has 0 radical (unpaired) electrons. The average molecular weight is 315 g/mol. The monoisotopic (exact) mass is 314 g/mol. The normalized spacial score (nSPS) is 21.5. The Morgan fingerprint density at radius 3 is 2.23 bits per heavy atom. The van der Waals surface area contributed by atoms with Crippen LogP contribution in [0.15, 0.2) is 0 Å². The zero-order valence-electron chi connectivity index (χ0n) is 15.4. The molecular formula is C19H38O3. The molecule has 1 saturated heterocycles. The first kappa shape index (κ1) is 19.9. The number of hydrogen-bond donors (Lipinski definition) is 0. The van der Waals surface area contributed by atoms with E-state index in [1.807, 2.05) is 0 Å². The number of epoxide rings is 1. The van der Waals surface area contributed by atoms with E-state index in [9.17, 15) is 0 Å². The molecule has 3 unspecified atom stereocenters. The lowest BCUT2D eigenvalue weighted by Gasteiger charge is -2.37. The van der Waals surface area contributed by atoms with E-state index in [1.54, 1.807) is 0 Å². The molecule has 1 aliphatic rings. The average Bonchev–Trinajstić information content (AvgIpc) is 3.31. The zero-order valence-corrected chi connectivity index (χ0v) is 15.4. The van der Waals surface area contributed by atoms with E-state index in [-0.39, 0.29) is 11.7 Å². The van der Waals surface area contributed by atoms with Gasteiger partial charge in [0.25, 0.3) is 0 Å². The van der Waals surface area contributed by atoms with Gasteiger partial charge in [-0.05, 0) is 26.7 Å². The minimum atomic E-state index is -0.151. The molecule has 0 aromatic heterocycles. The topological polar surface area (TPSA) is 31.0 Å². The van der Waals surface area contributed by atoms with Crippen LogP contribution in [0.3, 0.4) is 0 Å².